The van der Waals surface area contributed by atoms with E-state index in [1.54, 1.807) is 6.20 Å². The number of fused-ring (bicyclic) bond motifs is 1. The van der Waals surface area contributed by atoms with Crippen LogP contribution in [0.2, 0.25) is 5.02 Å². The van der Waals surface area contributed by atoms with Crippen molar-refractivity contribution in [2.75, 3.05) is 26.2 Å². The lowest BCUT2D eigenvalue weighted by atomic mass is 9.98. The number of rotatable bonds is 10. The summed E-state index contributed by atoms with van der Waals surface area (Å²) in [7, 11) is 0. The summed E-state index contributed by atoms with van der Waals surface area (Å²) in [4.78, 5) is 44.2. The van der Waals surface area contributed by atoms with E-state index in [1.165, 1.54) is 24.2 Å². The summed E-state index contributed by atoms with van der Waals surface area (Å²) < 4.78 is 0. The first-order valence-corrected chi connectivity index (χ1v) is 12.9. The highest BCUT2D eigenvalue weighted by molar-refractivity contribution is 6.35. The molecule has 0 bridgehead atoms. The van der Waals surface area contributed by atoms with Gasteiger partial charge in [-0.25, -0.2) is 4.79 Å². The Balaban J connectivity index is 1.27. The van der Waals surface area contributed by atoms with Crippen LogP contribution in [-0.2, 0) is 16.1 Å². The van der Waals surface area contributed by atoms with Gasteiger partial charge >= 0.3 is 6.09 Å². The van der Waals surface area contributed by atoms with Crippen molar-refractivity contribution in [3.05, 3.63) is 35.0 Å². The largest absolute Gasteiger partial charge is 0.465 e. The van der Waals surface area contributed by atoms with Gasteiger partial charge in [0.05, 0.1) is 5.02 Å². The van der Waals surface area contributed by atoms with Gasteiger partial charge in [-0.2, -0.15) is 0 Å². The molecule has 2 atom stereocenters. The Labute approximate surface area is 210 Å². The molecule has 2 saturated heterocycles. The minimum Gasteiger partial charge on any atom is -0.465 e. The van der Waals surface area contributed by atoms with E-state index in [2.05, 4.69) is 20.5 Å². The molecule has 10 heteroatoms. The number of hydrogen-bond acceptors (Lipinski definition) is 4. The van der Waals surface area contributed by atoms with E-state index < -0.39 is 18.2 Å². The zero-order valence-corrected chi connectivity index (χ0v) is 20.6. The minimum absolute atomic E-state index is 0.232. The number of halogens is 1. The number of unbranched alkanes of at least 4 members (excludes halogenated alkanes) is 1. The van der Waals surface area contributed by atoms with Crippen molar-refractivity contribution in [3.8, 4) is 0 Å². The molecule has 190 valence electrons. The van der Waals surface area contributed by atoms with Crippen molar-refractivity contribution < 1.29 is 19.5 Å². The van der Waals surface area contributed by atoms with Gasteiger partial charge in [-0.05, 0) is 75.9 Å². The summed E-state index contributed by atoms with van der Waals surface area (Å²) in [5.41, 5.74) is 1.83. The molecule has 2 fully saturated rings. The molecule has 0 aliphatic carbocycles. The van der Waals surface area contributed by atoms with Gasteiger partial charge in [-0.3, -0.25) is 9.59 Å². The molecule has 0 spiro atoms. The maximum Gasteiger partial charge on any atom is 0.405 e. The second-order valence-corrected chi connectivity index (χ2v) is 9.88. The Kier molecular flexibility index (Phi) is 8.51. The molecule has 9 nitrogen and oxygen atoms in total. The number of aromatic nitrogens is 1. The number of benzene rings is 1. The Morgan fingerprint density at radius 1 is 1.14 bits per heavy atom. The molecule has 4 rings (SSSR count). The number of amides is 3. The smallest absolute Gasteiger partial charge is 0.405 e. The quantitative estimate of drug-likeness (QED) is 0.371. The summed E-state index contributed by atoms with van der Waals surface area (Å²) in [5.74, 6) is -0.554. The highest BCUT2D eigenvalue weighted by Gasteiger charge is 2.40. The SMILES string of the molecule is O=C(O)NC(CCCCN1CCCCC1)C(=O)N1CC[C@H]1C(=O)NCc1ccc2[nH]cc(Cl)c2c1. The lowest BCUT2D eigenvalue weighted by Crippen LogP contribution is -2.62. The van der Waals surface area contributed by atoms with Crippen LogP contribution in [0, 0.1) is 0 Å². The summed E-state index contributed by atoms with van der Waals surface area (Å²) in [6.45, 7) is 3.98. The molecule has 1 aromatic carbocycles. The summed E-state index contributed by atoms with van der Waals surface area (Å²) >= 11 is 6.18. The van der Waals surface area contributed by atoms with Crippen LogP contribution in [0.4, 0.5) is 4.79 Å². The normalized spacial score (nSPS) is 19.2. The van der Waals surface area contributed by atoms with Gasteiger partial charge in [0.1, 0.15) is 12.1 Å². The van der Waals surface area contributed by atoms with Gasteiger partial charge in [0.2, 0.25) is 11.8 Å². The number of aromatic amines is 1. The van der Waals surface area contributed by atoms with Crippen molar-refractivity contribution in [2.45, 2.75) is 63.6 Å². The van der Waals surface area contributed by atoms with E-state index in [4.69, 9.17) is 11.6 Å². The van der Waals surface area contributed by atoms with Gasteiger partial charge < -0.3 is 30.5 Å². The molecule has 3 heterocycles. The summed E-state index contributed by atoms with van der Waals surface area (Å²) in [6.07, 6.45) is 6.92. The van der Waals surface area contributed by atoms with Crippen molar-refractivity contribution in [3.63, 3.8) is 0 Å². The number of piperidine rings is 1. The lowest BCUT2D eigenvalue weighted by molar-refractivity contribution is -0.149. The average molecular weight is 504 g/mol. The molecule has 1 unspecified atom stereocenters. The van der Waals surface area contributed by atoms with Gasteiger partial charge in [0.15, 0.2) is 0 Å². The van der Waals surface area contributed by atoms with Crippen LogP contribution in [0.1, 0.15) is 50.5 Å². The van der Waals surface area contributed by atoms with E-state index in [-0.39, 0.29) is 11.8 Å². The van der Waals surface area contributed by atoms with Crippen LogP contribution in [0.5, 0.6) is 0 Å². The zero-order valence-electron chi connectivity index (χ0n) is 19.9. The zero-order chi connectivity index (χ0) is 24.8. The third-order valence-corrected chi connectivity index (χ3v) is 7.34. The fourth-order valence-electron chi connectivity index (χ4n) is 4.95. The van der Waals surface area contributed by atoms with Crippen molar-refractivity contribution in [1.82, 2.24) is 25.4 Å². The number of H-pyrrole nitrogens is 1. The molecule has 3 amide bonds. The van der Waals surface area contributed by atoms with E-state index in [1.807, 2.05) is 18.2 Å². The van der Waals surface area contributed by atoms with Gasteiger partial charge in [-0.15, -0.1) is 0 Å². The van der Waals surface area contributed by atoms with Gasteiger partial charge in [0, 0.05) is 30.2 Å². The number of nitrogens with one attached hydrogen (secondary N) is 3. The molecule has 2 aliphatic heterocycles. The highest BCUT2D eigenvalue weighted by Crippen LogP contribution is 2.24. The molecule has 35 heavy (non-hydrogen) atoms. The second kappa shape index (κ2) is 11.8. The van der Waals surface area contributed by atoms with Crippen LogP contribution in [0.15, 0.2) is 24.4 Å². The van der Waals surface area contributed by atoms with Crippen LogP contribution < -0.4 is 10.6 Å². The third kappa shape index (κ3) is 6.46. The maximum absolute atomic E-state index is 13.1. The first-order chi connectivity index (χ1) is 16.9. The Morgan fingerprint density at radius 3 is 2.66 bits per heavy atom. The van der Waals surface area contributed by atoms with E-state index in [0.717, 1.165) is 48.9 Å². The third-order valence-electron chi connectivity index (χ3n) is 7.03. The first kappa shape index (κ1) is 25.3. The van der Waals surface area contributed by atoms with E-state index in [9.17, 15) is 19.5 Å². The average Bonchev–Trinajstić information content (AvgIpc) is 3.19. The van der Waals surface area contributed by atoms with E-state index in [0.29, 0.717) is 31.0 Å². The number of carboxylic acid groups (broad SMARTS) is 1. The summed E-state index contributed by atoms with van der Waals surface area (Å²) in [6, 6.07) is 4.34. The molecule has 2 aromatic rings. The van der Waals surface area contributed by atoms with Crippen LogP contribution in [0.25, 0.3) is 10.9 Å². The predicted molar refractivity (Wildman–Crippen MR) is 134 cm³/mol. The Morgan fingerprint density at radius 2 is 1.94 bits per heavy atom. The standard InChI is InChI=1S/C25H34ClN5O4/c26-19-16-27-20-8-7-17(14-18(19)20)15-28-23(32)22-9-13-31(22)24(33)21(29-25(34)35)6-2-5-12-30-10-3-1-4-11-30/h7-8,14,16,21-22,27,29H,1-6,9-13,15H2,(H,28,32)(H,34,35)/t21?,22-/m0/s1. The van der Waals surface area contributed by atoms with Gasteiger partial charge in [-0.1, -0.05) is 24.1 Å². The van der Waals surface area contributed by atoms with Crippen LogP contribution in [0.3, 0.4) is 0 Å². The molecule has 0 saturated carbocycles. The number of carbonyl (C=O) groups excluding carboxylic acids is 2. The fraction of sp³-hybridized carbons (Fsp3) is 0.560. The molecule has 0 radical (unpaired) electrons. The molecular formula is C25H34ClN5O4. The number of carbonyl (C=O) groups is 3. The first-order valence-electron chi connectivity index (χ1n) is 12.5. The number of likely N-dealkylation sites (tertiary alicyclic amines) is 2. The fourth-order valence-corrected chi connectivity index (χ4v) is 5.16. The monoisotopic (exact) mass is 503 g/mol. The highest BCUT2D eigenvalue weighted by atomic mass is 35.5. The Hall–Kier alpha value is -2.78. The van der Waals surface area contributed by atoms with Crippen molar-refractivity contribution in [1.29, 1.82) is 0 Å². The van der Waals surface area contributed by atoms with Crippen molar-refractivity contribution in [2.24, 2.45) is 0 Å². The summed E-state index contributed by atoms with van der Waals surface area (Å²) in [5, 5.41) is 16.0. The molecule has 2 aliphatic rings. The van der Waals surface area contributed by atoms with Gasteiger partial charge in [0.25, 0.3) is 0 Å². The topological polar surface area (TPSA) is 118 Å². The molecule has 1 aromatic heterocycles. The second-order valence-electron chi connectivity index (χ2n) is 9.47. The van der Waals surface area contributed by atoms with E-state index >= 15 is 0 Å². The maximum atomic E-state index is 13.1. The molecule has 4 N–H and O–H groups in total. The molecular weight excluding hydrogens is 470 g/mol. The Bertz CT molecular complexity index is 1050. The van der Waals surface area contributed by atoms with Crippen LogP contribution in [-0.4, -0.2) is 76.1 Å². The number of nitrogens with zero attached hydrogens (tertiary/aromatic N) is 2. The lowest BCUT2D eigenvalue weighted by Gasteiger charge is -2.41. The predicted octanol–water partition coefficient (Wildman–Crippen LogP) is 3.33. The number of hydrogen-bond donors (Lipinski definition) is 4. The minimum atomic E-state index is -1.22. The van der Waals surface area contributed by atoms with Crippen molar-refractivity contribution >= 4 is 40.4 Å². The van der Waals surface area contributed by atoms with Crippen LogP contribution >= 0.6 is 11.6 Å².